The highest BCUT2D eigenvalue weighted by molar-refractivity contribution is 5.68. The van der Waals surface area contributed by atoms with Gasteiger partial charge in [-0.3, -0.25) is 4.79 Å². The van der Waals surface area contributed by atoms with Gasteiger partial charge in [0.15, 0.2) is 0 Å². The minimum absolute atomic E-state index is 0.201. The molecule has 3 nitrogen and oxygen atoms in total. The number of hydrogen-bond acceptors (Lipinski definition) is 2. The molecule has 1 rings (SSSR count). The first kappa shape index (κ1) is 14.5. The molecule has 1 unspecified atom stereocenters. The van der Waals surface area contributed by atoms with Gasteiger partial charge < -0.3 is 10.8 Å². The Hall–Kier alpha value is -0.570. The number of nitrogens with two attached hydrogens (primary N) is 1. The molecule has 0 aromatic heterocycles. The zero-order chi connectivity index (χ0) is 13.3. The first-order chi connectivity index (χ1) is 7.58. The van der Waals surface area contributed by atoms with Crippen molar-refractivity contribution in [2.24, 2.45) is 16.6 Å². The summed E-state index contributed by atoms with van der Waals surface area (Å²) < 4.78 is 0. The van der Waals surface area contributed by atoms with Gasteiger partial charge in [0, 0.05) is 5.54 Å². The van der Waals surface area contributed by atoms with E-state index in [9.17, 15) is 4.79 Å². The topological polar surface area (TPSA) is 63.3 Å². The highest BCUT2D eigenvalue weighted by Crippen LogP contribution is 2.49. The summed E-state index contributed by atoms with van der Waals surface area (Å²) in [5.74, 6) is -0.719. The lowest BCUT2D eigenvalue weighted by Crippen LogP contribution is -2.51. The predicted molar refractivity (Wildman–Crippen MR) is 69.8 cm³/mol. The molecule has 0 amide bonds. The summed E-state index contributed by atoms with van der Waals surface area (Å²) in [6.45, 7) is 8.50. The minimum Gasteiger partial charge on any atom is -0.481 e. The fraction of sp³-hybridized carbons (Fsp3) is 0.929. The average molecular weight is 241 g/mol. The van der Waals surface area contributed by atoms with Crippen molar-refractivity contribution in [3.05, 3.63) is 0 Å². The lowest BCUT2D eigenvalue weighted by atomic mass is 9.64. The van der Waals surface area contributed by atoms with Gasteiger partial charge in [0.05, 0.1) is 6.42 Å². The van der Waals surface area contributed by atoms with Gasteiger partial charge in [-0.1, -0.05) is 20.3 Å². The Morgan fingerprint density at radius 2 is 1.82 bits per heavy atom. The summed E-state index contributed by atoms with van der Waals surface area (Å²) in [6.07, 6.45) is 5.39. The van der Waals surface area contributed by atoms with E-state index in [1.165, 1.54) is 6.42 Å². The summed E-state index contributed by atoms with van der Waals surface area (Å²) in [5, 5.41) is 9.16. The number of rotatable bonds is 3. The average Bonchev–Trinajstić information content (AvgIpc) is 2.24. The maximum atomic E-state index is 11.1. The van der Waals surface area contributed by atoms with Crippen LogP contribution in [0.3, 0.4) is 0 Å². The van der Waals surface area contributed by atoms with Crippen LogP contribution in [0.5, 0.6) is 0 Å². The minimum atomic E-state index is -0.719. The molecule has 0 saturated heterocycles. The van der Waals surface area contributed by atoms with E-state index in [4.69, 9.17) is 10.8 Å². The number of hydrogen-bond donors (Lipinski definition) is 2. The summed E-state index contributed by atoms with van der Waals surface area (Å²) in [4.78, 5) is 11.1. The molecule has 100 valence electrons. The second kappa shape index (κ2) is 4.60. The van der Waals surface area contributed by atoms with Gasteiger partial charge in [-0.15, -0.1) is 0 Å². The predicted octanol–water partition coefficient (Wildman–Crippen LogP) is 3.18. The van der Waals surface area contributed by atoms with Crippen LogP contribution >= 0.6 is 0 Å². The number of aliphatic carboxylic acids is 1. The molecule has 0 bridgehead atoms. The van der Waals surface area contributed by atoms with E-state index < -0.39 is 11.5 Å². The van der Waals surface area contributed by atoms with E-state index in [1.54, 1.807) is 0 Å². The Labute approximate surface area is 105 Å². The molecule has 0 aliphatic heterocycles. The zero-order valence-electron chi connectivity index (χ0n) is 11.7. The number of carbonyl (C=O) groups is 1. The first-order valence-corrected chi connectivity index (χ1v) is 6.59. The fourth-order valence-electron chi connectivity index (χ4n) is 3.07. The smallest absolute Gasteiger partial charge is 0.303 e. The van der Waals surface area contributed by atoms with E-state index in [0.717, 1.165) is 25.7 Å². The van der Waals surface area contributed by atoms with Gasteiger partial charge in [-0.05, 0) is 50.4 Å². The SMILES string of the molecule is CC1(C)CCCC(CC(=O)O)(C(C)(C)N)CC1. The number of carboxylic acids is 1. The van der Waals surface area contributed by atoms with Crippen LogP contribution in [-0.4, -0.2) is 16.6 Å². The molecule has 0 aromatic carbocycles. The lowest BCUT2D eigenvalue weighted by molar-refractivity contribution is -0.141. The Morgan fingerprint density at radius 3 is 2.29 bits per heavy atom. The van der Waals surface area contributed by atoms with Crippen molar-refractivity contribution in [3.8, 4) is 0 Å². The number of carboxylic acid groups (broad SMARTS) is 1. The largest absolute Gasteiger partial charge is 0.481 e. The lowest BCUT2D eigenvalue weighted by Gasteiger charge is -2.44. The van der Waals surface area contributed by atoms with Gasteiger partial charge in [-0.2, -0.15) is 0 Å². The van der Waals surface area contributed by atoms with Gasteiger partial charge in [0.1, 0.15) is 0 Å². The van der Waals surface area contributed by atoms with Crippen molar-refractivity contribution in [2.45, 2.75) is 71.8 Å². The van der Waals surface area contributed by atoms with Crippen molar-refractivity contribution in [1.29, 1.82) is 0 Å². The Bertz CT molecular complexity index is 291. The van der Waals surface area contributed by atoms with E-state index in [-0.39, 0.29) is 11.8 Å². The molecule has 1 aliphatic carbocycles. The first-order valence-electron chi connectivity index (χ1n) is 6.59. The molecule has 0 aromatic rings. The summed E-state index contributed by atoms with van der Waals surface area (Å²) >= 11 is 0. The van der Waals surface area contributed by atoms with Crippen molar-refractivity contribution in [1.82, 2.24) is 0 Å². The van der Waals surface area contributed by atoms with E-state index >= 15 is 0 Å². The summed E-state index contributed by atoms with van der Waals surface area (Å²) in [6, 6.07) is 0. The molecule has 3 heteroatoms. The fourth-order valence-corrected chi connectivity index (χ4v) is 3.07. The Morgan fingerprint density at radius 1 is 1.24 bits per heavy atom. The van der Waals surface area contributed by atoms with E-state index in [1.807, 2.05) is 13.8 Å². The molecule has 0 spiro atoms. The molecule has 1 saturated carbocycles. The molecule has 1 aliphatic rings. The van der Waals surface area contributed by atoms with Crippen LogP contribution in [0.2, 0.25) is 0 Å². The van der Waals surface area contributed by atoms with Crippen LogP contribution < -0.4 is 5.73 Å². The van der Waals surface area contributed by atoms with Crippen LogP contribution in [0.25, 0.3) is 0 Å². The normalized spacial score (nSPS) is 29.7. The second-order valence-corrected chi connectivity index (χ2v) is 7.09. The van der Waals surface area contributed by atoms with Crippen LogP contribution in [-0.2, 0) is 4.79 Å². The summed E-state index contributed by atoms with van der Waals surface area (Å²) in [5.41, 5.74) is 5.94. The third kappa shape index (κ3) is 3.44. The zero-order valence-corrected chi connectivity index (χ0v) is 11.7. The molecule has 0 radical (unpaired) electrons. The van der Waals surface area contributed by atoms with Gasteiger partial charge in [-0.25, -0.2) is 0 Å². The molecule has 1 fully saturated rings. The van der Waals surface area contributed by atoms with Crippen molar-refractivity contribution < 1.29 is 9.90 Å². The quantitative estimate of drug-likeness (QED) is 0.746. The standard InChI is InChI=1S/C14H27NO2/c1-12(2)6-5-7-14(9-8-12,10-11(16)17)13(3,4)15/h5-10,15H2,1-4H3,(H,16,17). The van der Waals surface area contributed by atoms with Gasteiger partial charge in [0.25, 0.3) is 0 Å². The van der Waals surface area contributed by atoms with Crippen molar-refractivity contribution >= 4 is 5.97 Å². The molecule has 1 atom stereocenters. The molecule has 17 heavy (non-hydrogen) atoms. The van der Waals surface area contributed by atoms with Crippen LogP contribution in [0.15, 0.2) is 0 Å². The second-order valence-electron chi connectivity index (χ2n) is 7.09. The Balaban J connectivity index is 2.95. The summed E-state index contributed by atoms with van der Waals surface area (Å²) in [7, 11) is 0. The van der Waals surface area contributed by atoms with Crippen LogP contribution in [0, 0.1) is 10.8 Å². The maximum absolute atomic E-state index is 11.1. The molecular weight excluding hydrogens is 214 g/mol. The van der Waals surface area contributed by atoms with Gasteiger partial charge >= 0.3 is 5.97 Å². The monoisotopic (exact) mass is 241 g/mol. The molecule has 3 N–H and O–H groups in total. The van der Waals surface area contributed by atoms with Crippen LogP contribution in [0.4, 0.5) is 0 Å². The highest BCUT2D eigenvalue weighted by atomic mass is 16.4. The van der Waals surface area contributed by atoms with Crippen molar-refractivity contribution in [2.75, 3.05) is 0 Å². The highest BCUT2D eigenvalue weighted by Gasteiger charge is 2.45. The third-order valence-electron chi connectivity index (χ3n) is 4.65. The molecule has 0 heterocycles. The maximum Gasteiger partial charge on any atom is 0.303 e. The van der Waals surface area contributed by atoms with Crippen LogP contribution in [0.1, 0.15) is 66.2 Å². The van der Waals surface area contributed by atoms with E-state index in [0.29, 0.717) is 5.41 Å². The Kier molecular flexibility index (Phi) is 3.92. The molecular formula is C14H27NO2. The third-order valence-corrected chi connectivity index (χ3v) is 4.65. The van der Waals surface area contributed by atoms with Gasteiger partial charge in [0.2, 0.25) is 0 Å². The van der Waals surface area contributed by atoms with E-state index in [2.05, 4.69) is 13.8 Å². The van der Waals surface area contributed by atoms with Crippen molar-refractivity contribution in [3.63, 3.8) is 0 Å².